The van der Waals surface area contributed by atoms with Crippen molar-refractivity contribution in [3.05, 3.63) is 23.8 Å². The maximum absolute atomic E-state index is 12.6. The van der Waals surface area contributed by atoms with Crippen molar-refractivity contribution in [3.8, 4) is 11.5 Å². The third kappa shape index (κ3) is 2.81. The van der Waals surface area contributed by atoms with Crippen molar-refractivity contribution in [2.45, 2.75) is 18.9 Å². The summed E-state index contributed by atoms with van der Waals surface area (Å²) in [5.74, 6) is 0.840. The summed E-state index contributed by atoms with van der Waals surface area (Å²) in [5.41, 5.74) is 0.424. The average molecular weight is 265 g/mol. The number of rotatable bonds is 6. The Labute approximate surface area is 112 Å². The predicted octanol–water partition coefficient (Wildman–Crippen LogP) is 1.30. The molecule has 104 valence electrons. The zero-order valence-electron chi connectivity index (χ0n) is 11.3. The van der Waals surface area contributed by atoms with Crippen molar-refractivity contribution >= 4 is 5.91 Å². The average Bonchev–Trinajstić information content (AvgIpc) is 3.27. The summed E-state index contributed by atoms with van der Waals surface area (Å²) >= 11 is 0. The first-order chi connectivity index (χ1) is 9.22. The van der Waals surface area contributed by atoms with Gasteiger partial charge < -0.3 is 19.5 Å². The smallest absolute Gasteiger partial charge is 0.261 e. The maximum Gasteiger partial charge on any atom is 0.261 e. The molecule has 0 aliphatic heterocycles. The Balaban J connectivity index is 2.35. The zero-order chi connectivity index (χ0) is 13.8. The molecule has 5 nitrogen and oxygen atoms in total. The fraction of sp³-hybridized carbons (Fsp3) is 0.500. The van der Waals surface area contributed by atoms with Gasteiger partial charge in [0.1, 0.15) is 17.1 Å². The highest BCUT2D eigenvalue weighted by atomic mass is 16.5. The van der Waals surface area contributed by atoms with Crippen LogP contribution in [0.1, 0.15) is 23.2 Å². The fourth-order valence-corrected chi connectivity index (χ4v) is 2.15. The summed E-state index contributed by atoms with van der Waals surface area (Å²) in [6.07, 6.45) is 1.98. The Morgan fingerprint density at radius 1 is 1.32 bits per heavy atom. The molecule has 0 saturated heterocycles. The van der Waals surface area contributed by atoms with E-state index in [9.17, 15) is 4.79 Å². The Kier molecular flexibility index (Phi) is 4.27. The number of ether oxygens (including phenoxy) is 2. The molecule has 1 saturated carbocycles. The number of aliphatic hydroxyl groups excluding tert-OH is 1. The lowest BCUT2D eigenvalue weighted by Crippen LogP contribution is -2.35. The minimum atomic E-state index is -0.147. The molecule has 1 aromatic rings. The van der Waals surface area contributed by atoms with E-state index in [2.05, 4.69) is 0 Å². The predicted molar refractivity (Wildman–Crippen MR) is 70.7 cm³/mol. The molecule has 1 aromatic carbocycles. The van der Waals surface area contributed by atoms with E-state index in [1.165, 1.54) is 14.2 Å². The van der Waals surface area contributed by atoms with Crippen molar-refractivity contribution in [1.82, 2.24) is 4.90 Å². The highest BCUT2D eigenvalue weighted by Crippen LogP contribution is 2.34. The van der Waals surface area contributed by atoms with E-state index in [4.69, 9.17) is 14.6 Å². The number of carbonyl (C=O) groups is 1. The summed E-state index contributed by atoms with van der Waals surface area (Å²) in [4.78, 5) is 14.3. The van der Waals surface area contributed by atoms with Gasteiger partial charge in [0.15, 0.2) is 0 Å². The lowest BCUT2D eigenvalue weighted by molar-refractivity contribution is 0.0700. The lowest BCUT2D eigenvalue weighted by Gasteiger charge is -2.23. The summed E-state index contributed by atoms with van der Waals surface area (Å²) in [7, 11) is 3.05. The van der Waals surface area contributed by atoms with Gasteiger partial charge in [-0.25, -0.2) is 0 Å². The fourth-order valence-electron chi connectivity index (χ4n) is 2.15. The van der Waals surface area contributed by atoms with Crippen LogP contribution >= 0.6 is 0 Å². The van der Waals surface area contributed by atoms with Crippen molar-refractivity contribution in [2.75, 3.05) is 27.4 Å². The Morgan fingerprint density at radius 3 is 2.32 bits per heavy atom. The molecule has 1 aliphatic carbocycles. The van der Waals surface area contributed by atoms with Crippen LogP contribution in [0.25, 0.3) is 0 Å². The van der Waals surface area contributed by atoms with E-state index in [-0.39, 0.29) is 18.6 Å². The highest BCUT2D eigenvalue weighted by Gasteiger charge is 2.34. The number of benzene rings is 1. The molecular formula is C14H19NO4. The SMILES string of the molecule is COc1cccc(OC)c1C(=O)N(CCO)C1CC1. The van der Waals surface area contributed by atoms with Crippen LogP contribution < -0.4 is 9.47 Å². The molecule has 1 aliphatic rings. The molecule has 0 spiro atoms. The molecule has 0 aromatic heterocycles. The normalized spacial score (nSPS) is 14.1. The van der Waals surface area contributed by atoms with E-state index < -0.39 is 0 Å². The van der Waals surface area contributed by atoms with Crippen molar-refractivity contribution < 1.29 is 19.4 Å². The number of hydrogen-bond acceptors (Lipinski definition) is 4. The summed E-state index contributed by atoms with van der Waals surface area (Å²) in [6, 6.07) is 5.48. The monoisotopic (exact) mass is 265 g/mol. The second-order valence-corrected chi connectivity index (χ2v) is 4.49. The van der Waals surface area contributed by atoms with Gasteiger partial charge >= 0.3 is 0 Å². The second-order valence-electron chi connectivity index (χ2n) is 4.49. The first-order valence-corrected chi connectivity index (χ1v) is 6.35. The highest BCUT2D eigenvalue weighted by molar-refractivity contribution is 6.00. The quantitative estimate of drug-likeness (QED) is 0.842. The molecule has 5 heteroatoms. The topological polar surface area (TPSA) is 59.0 Å². The van der Waals surface area contributed by atoms with Crippen molar-refractivity contribution in [1.29, 1.82) is 0 Å². The van der Waals surface area contributed by atoms with Gasteiger partial charge in [-0.05, 0) is 25.0 Å². The van der Waals surface area contributed by atoms with Gasteiger partial charge in [-0.3, -0.25) is 4.79 Å². The standard InChI is InChI=1S/C14H19NO4/c1-18-11-4-3-5-12(19-2)13(11)14(17)15(8-9-16)10-6-7-10/h3-5,10,16H,6-9H2,1-2H3. The van der Waals surface area contributed by atoms with Crippen LogP contribution in [0.4, 0.5) is 0 Å². The third-order valence-electron chi connectivity index (χ3n) is 3.23. The van der Waals surface area contributed by atoms with E-state index in [1.54, 1.807) is 23.1 Å². The Bertz CT molecular complexity index is 435. The second kappa shape index (κ2) is 5.93. The molecule has 0 heterocycles. The summed E-state index contributed by atoms with van der Waals surface area (Å²) in [6.45, 7) is 0.296. The van der Waals surface area contributed by atoms with Crippen LogP contribution in [-0.2, 0) is 0 Å². The molecule has 0 unspecified atom stereocenters. The van der Waals surface area contributed by atoms with Gasteiger partial charge in [0.25, 0.3) is 5.91 Å². The number of methoxy groups -OCH3 is 2. The molecule has 1 fully saturated rings. The van der Waals surface area contributed by atoms with Crippen molar-refractivity contribution in [3.63, 3.8) is 0 Å². The van der Waals surface area contributed by atoms with Crippen LogP contribution in [0.3, 0.4) is 0 Å². The van der Waals surface area contributed by atoms with Crippen LogP contribution in [0.2, 0.25) is 0 Å². The Hall–Kier alpha value is -1.75. The van der Waals surface area contributed by atoms with Crippen LogP contribution in [0, 0.1) is 0 Å². The number of carbonyl (C=O) groups excluding carboxylic acids is 1. The van der Waals surface area contributed by atoms with Gasteiger partial charge in [-0.1, -0.05) is 6.07 Å². The molecule has 19 heavy (non-hydrogen) atoms. The first kappa shape index (κ1) is 13.7. The number of hydrogen-bond donors (Lipinski definition) is 1. The van der Waals surface area contributed by atoms with Gasteiger partial charge in [0.2, 0.25) is 0 Å². The molecular weight excluding hydrogens is 246 g/mol. The molecule has 0 radical (unpaired) electrons. The Morgan fingerprint density at radius 2 is 1.89 bits per heavy atom. The lowest BCUT2D eigenvalue weighted by atomic mass is 10.1. The molecule has 1 amide bonds. The van der Waals surface area contributed by atoms with E-state index >= 15 is 0 Å². The largest absolute Gasteiger partial charge is 0.496 e. The van der Waals surface area contributed by atoms with E-state index in [1.807, 2.05) is 0 Å². The van der Waals surface area contributed by atoms with Gasteiger partial charge in [0, 0.05) is 12.6 Å². The third-order valence-corrected chi connectivity index (χ3v) is 3.23. The summed E-state index contributed by atoms with van der Waals surface area (Å²) in [5, 5.41) is 9.11. The minimum absolute atomic E-state index is 0.0420. The van der Waals surface area contributed by atoms with Crippen LogP contribution in [0.15, 0.2) is 18.2 Å². The molecule has 0 atom stereocenters. The zero-order valence-corrected chi connectivity index (χ0v) is 11.3. The van der Waals surface area contributed by atoms with Gasteiger partial charge in [-0.2, -0.15) is 0 Å². The van der Waals surface area contributed by atoms with Gasteiger partial charge in [0.05, 0.1) is 20.8 Å². The number of nitrogens with zero attached hydrogens (tertiary/aromatic N) is 1. The van der Waals surface area contributed by atoms with E-state index in [0.717, 1.165) is 12.8 Å². The first-order valence-electron chi connectivity index (χ1n) is 6.35. The van der Waals surface area contributed by atoms with Gasteiger partial charge in [-0.15, -0.1) is 0 Å². The maximum atomic E-state index is 12.6. The number of amides is 1. The van der Waals surface area contributed by atoms with Crippen LogP contribution in [0.5, 0.6) is 11.5 Å². The molecule has 2 rings (SSSR count). The van der Waals surface area contributed by atoms with Crippen LogP contribution in [-0.4, -0.2) is 49.3 Å². The number of aliphatic hydroxyl groups is 1. The summed E-state index contributed by atoms with van der Waals surface area (Å²) < 4.78 is 10.5. The minimum Gasteiger partial charge on any atom is -0.496 e. The molecule has 1 N–H and O–H groups in total. The molecule has 0 bridgehead atoms. The van der Waals surface area contributed by atoms with E-state index in [0.29, 0.717) is 23.6 Å². The van der Waals surface area contributed by atoms with Crippen molar-refractivity contribution in [2.24, 2.45) is 0 Å².